The van der Waals surface area contributed by atoms with E-state index >= 15 is 0 Å². The first-order chi connectivity index (χ1) is 14.1. The van der Waals surface area contributed by atoms with Crippen LogP contribution in [0.4, 0.5) is 16.2 Å². The number of nitriles is 1. The molecule has 0 saturated carbocycles. The Bertz CT molecular complexity index is 995. The zero-order chi connectivity index (χ0) is 20.4. The van der Waals surface area contributed by atoms with Crippen LogP contribution in [0.15, 0.2) is 35.6 Å². The molecule has 8 nitrogen and oxygen atoms in total. The van der Waals surface area contributed by atoms with Crippen LogP contribution in [0.3, 0.4) is 0 Å². The first kappa shape index (κ1) is 18.8. The number of benzene rings is 1. The maximum absolute atomic E-state index is 13.3. The highest BCUT2D eigenvalue weighted by Gasteiger charge is 2.35. The zero-order valence-corrected chi connectivity index (χ0v) is 15.7. The molecule has 1 saturated heterocycles. The topological polar surface area (TPSA) is 112 Å². The third-order valence-corrected chi connectivity index (χ3v) is 5.34. The number of carbonyl (C=O) groups is 1. The van der Waals surface area contributed by atoms with Gasteiger partial charge in [0, 0.05) is 31.6 Å². The van der Waals surface area contributed by atoms with E-state index in [0.717, 1.165) is 11.8 Å². The Balaban J connectivity index is 1.43. The van der Waals surface area contributed by atoms with Gasteiger partial charge in [-0.2, -0.15) is 15.3 Å². The number of hydrogen-bond donors (Lipinski definition) is 1. The summed E-state index contributed by atoms with van der Waals surface area (Å²) >= 11 is 0. The summed E-state index contributed by atoms with van der Waals surface area (Å²) in [5.74, 6) is -0.634. The van der Waals surface area contributed by atoms with E-state index < -0.39 is 5.82 Å². The highest BCUT2D eigenvalue weighted by Crippen LogP contribution is 2.32. The molecule has 0 aliphatic carbocycles. The lowest BCUT2D eigenvalue weighted by Gasteiger charge is -2.33. The summed E-state index contributed by atoms with van der Waals surface area (Å²) in [5, 5.41) is 15.0. The van der Waals surface area contributed by atoms with Crippen molar-refractivity contribution in [3.8, 4) is 6.07 Å². The van der Waals surface area contributed by atoms with E-state index in [4.69, 9.17) is 11.0 Å². The highest BCUT2D eigenvalue weighted by atomic mass is 19.1. The summed E-state index contributed by atoms with van der Waals surface area (Å²) in [4.78, 5) is 23.0. The zero-order valence-electron chi connectivity index (χ0n) is 15.7. The number of carbonyl (C=O) groups excluding carboxylic acids is 1. The van der Waals surface area contributed by atoms with Gasteiger partial charge in [-0.25, -0.2) is 14.4 Å². The van der Waals surface area contributed by atoms with Gasteiger partial charge in [0.25, 0.3) is 0 Å². The Kier molecular flexibility index (Phi) is 5.08. The van der Waals surface area contributed by atoms with Gasteiger partial charge in [0.05, 0.1) is 23.9 Å². The first-order valence-electron chi connectivity index (χ1n) is 9.45. The average molecular weight is 393 g/mol. The van der Waals surface area contributed by atoms with Gasteiger partial charge in [0.1, 0.15) is 0 Å². The summed E-state index contributed by atoms with van der Waals surface area (Å²) in [7, 11) is 0. The molecule has 2 aliphatic rings. The maximum atomic E-state index is 13.3. The Morgan fingerprint density at radius 2 is 2.10 bits per heavy atom. The van der Waals surface area contributed by atoms with Crippen LogP contribution in [-0.2, 0) is 4.79 Å². The van der Waals surface area contributed by atoms with Gasteiger partial charge in [-0.15, -0.1) is 0 Å². The summed E-state index contributed by atoms with van der Waals surface area (Å²) in [5.41, 5.74) is 7.00. The van der Waals surface area contributed by atoms with Gasteiger partial charge in [-0.1, -0.05) is 12.1 Å². The van der Waals surface area contributed by atoms with Gasteiger partial charge in [-0.05, 0) is 30.5 Å². The monoisotopic (exact) mass is 393 g/mol. The number of halogens is 1. The van der Waals surface area contributed by atoms with E-state index in [-0.39, 0.29) is 23.7 Å². The molecular formula is C20H20FN7O. The third kappa shape index (κ3) is 3.74. The molecule has 1 aromatic carbocycles. The van der Waals surface area contributed by atoms with Gasteiger partial charge >= 0.3 is 0 Å². The number of piperidine rings is 1. The summed E-state index contributed by atoms with van der Waals surface area (Å²) < 4.78 is 13.3. The second kappa shape index (κ2) is 7.83. The Hall–Kier alpha value is -3.54. The number of hydrazone groups is 1. The number of nitrogens with two attached hydrogens (primary N) is 1. The molecule has 1 amide bonds. The van der Waals surface area contributed by atoms with Gasteiger partial charge in [-0.3, -0.25) is 4.79 Å². The van der Waals surface area contributed by atoms with Crippen LogP contribution in [0.1, 0.15) is 36.4 Å². The van der Waals surface area contributed by atoms with Crippen LogP contribution in [0.25, 0.3) is 0 Å². The average Bonchev–Trinajstić information content (AvgIpc) is 3.25. The van der Waals surface area contributed by atoms with Gasteiger partial charge in [0.15, 0.2) is 11.6 Å². The first-order valence-corrected chi connectivity index (χ1v) is 9.45. The SMILES string of the molecule is N#Cc1cccc([C@@H]2CC=NN2C(=O)C2CCN(c3ncc(F)c(N)n3)CC2)c1. The lowest BCUT2D eigenvalue weighted by Crippen LogP contribution is -2.41. The van der Waals surface area contributed by atoms with Gasteiger partial charge < -0.3 is 10.6 Å². The van der Waals surface area contributed by atoms with Crippen molar-refractivity contribution >= 4 is 23.9 Å². The number of nitrogens with zero attached hydrogens (tertiary/aromatic N) is 6. The van der Waals surface area contributed by atoms with Crippen LogP contribution in [0.2, 0.25) is 0 Å². The number of nitrogen functional groups attached to an aromatic ring is 1. The number of hydrogen-bond acceptors (Lipinski definition) is 7. The number of rotatable bonds is 3. The smallest absolute Gasteiger partial charge is 0.246 e. The van der Waals surface area contributed by atoms with Crippen LogP contribution < -0.4 is 10.6 Å². The lowest BCUT2D eigenvalue weighted by atomic mass is 9.94. The molecule has 2 aromatic rings. The molecule has 2 aliphatic heterocycles. The quantitative estimate of drug-likeness (QED) is 0.856. The summed E-state index contributed by atoms with van der Waals surface area (Å²) in [6.07, 6.45) is 4.68. The van der Waals surface area contributed by atoms with E-state index in [2.05, 4.69) is 21.1 Å². The highest BCUT2D eigenvalue weighted by molar-refractivity contribution is 5.82. The normalized spacial score (nSPS) is 19.4. The van der Waals surface area contributed by atoms with Crippen molar-refractivity contribution in [1.29, 1.82) is 5.26 Å². The summed E-state index contributed by atoms with van der Waals surface area (Å²) in [6.45, 7) is 1.15. The molecule has 0 unspecified atom stereocenters. The van der Waals surface area contributed by atoms with Crippen molar-refractivity contribution in [2.45, 2.75) is 25.3 Å². The van der Waals surface area contributed by atoms with Crippen LogP contribution in [0.5, 0.6) is 0 Å². The second-order valence-corrected chi connectivity index (χ2v) is 7.13. The maximum Gasteiger partial charge on any atom is 0.246 e. The predicted octanol–water partition coefficient (Wildman–Crippen LogP) is 2.25. The number of amides is 1. The largest absolute Gasteiger partial charge is 0.381 e. The number of aromatic nitrogens is 2. The molecule has 0 radical (unpaired) electrons. The molecule has 0 spiro atoms. The minimum absolute atomic E-state index is 0.0229. The second-order valence-electron chi connectivity index (χ2n) is 7.13. The third-order valence-electron chi connectivity index (χ3n) is 5.34. The Morgan fingerprint density at radius 1 is 1.31 bits per heavy atom. The fourth-order valence-corrected chi connectivity index (χ4v) is 3.75. The standard InChI is InChI=1S/C20H20FN7O/c21-16-12-24-20(26-18(16)23)27-8-5-14(6-9-27)19(29)28-17(4-7-25-28)15-3-1-2-13(10-15)11-22/h1-3,7,10,12,14,17H,4-6,8-9H2,(H2,23,24,26)/t17-/m0/s1. The fraction of sp³-hybridized carbons (Fsp3) is 0.350. The molecule has 9 heteroatoms. The molecule has 0 bridgehead atoms. The predicted molar refractivity (Wildman–Crippen MR) is 105 cm³/mol. The molecular weight excluding hydrogens is 373 g/mol. The van der Waals surface area contributed by atoms with Crippen molar-refractivity contribution < 1.29 is 9.18 Å². The molecule has 3 heterocycles. The molecule has 4 rings (SSSR count). The Labute approximate surface area is 167 Å². The molecule has 2 N–H and O–H groups in total. The van der Waals surface area contributed by atoms with E-state index in [9.17, 15) is 9.18 Å². The lowest BCUT2D eigenvalue weighted by molar-refractivity contribution is -0.138. The molecule has 148 valence electrons. The van der Waals surface area contributed by atoms with Gasteiger partial charge in [0.2, 0.25) is 11.9 Å². The summed E-state index contributed by atoms with van der Waals surface area (Å²) in [6, 6.07) is 9.23. The molecule has 1 aromatic heterocycles. The van der Waals surface area contributed by atoms with E-state index in [1.54, 1.807) is 23.4 Å². The van der Waals surface area contributed by atoms with E-state index in [1.807, 2.05) is 17.0 Å². The van der Waals surface area contributed by atoms with Crippen LogP contribution in [0, 0.1) is 23.1 Å². The minimum atomic E-state index is -0.641. The van der Waals surface area contributed by atoms with Crippen molar-refractivity contribution in [2.24, 2.45) is 11.0 Å². The van der Waals surface area contributed by atoms with Crippen molar-refractivity contribution in [2.75, 3.05) is 23.7 Å². The molecule has 1 atom stereocenters. The fourth-order valence-electron chi connectivity index (χ4n) is 3.75. The molecule has 1 fully saturated rings. The molecule has 29 heavy (non-hydrogen) atoms. The van der Waals surface area contributed by atoms with Crippen molar-refractivity contribution in [3.63, 3.8) is 0 Å². The Morgan fingerprint density at radius 3 is 2.83 bits per heavy atom. The van der Waals surface area contributed by atoms with Crippen molar-refractivity contribution in [1.82, 2.24) is 15.0 Å². The van der Waals surface area contributed by atoms with Crippen LogP contribution in [-0.4, -0.2) is 40.2 Å². The number of anilines is 2. The van der Waals surface area contributed by atoms with Crippen LogP contribution >= 0.6 is 0 Å². The van der Waals surface area contributed by atoms with Crippen molar-refractivity contribution in [3.05, 3.63) is 47.4 Å². The van der Waals surface area contributed by atoms with E-state index in [0.29, 0.717) is 43.9 Å². The minimum Gasteiger partial charge on any atom is -0.381 e. The van der Waals surface area contributed by atoms with E-state index in [1.165, 1.54) is 0 Å².